The van der Waals surface area contributed by atoms with E-state index in [4.69, 9.17) is 0 Å². The van der Waals surface area contributed by atoms with Crippen LogP contribution in [0.5, 0.6) is 0 Å². The fourth-order valence-electron chi connectivity index (χ4n) is 2.57. The largest absolute Gasteiger partial charge is 0.393 e. The fraction of sp³-hybridized carbons (Fsp3) is 0.692. The van der Waals surface area contributed by atoms with Crippen molar-refractivity contribution < 1.29 is 5.11 Å². The molecule has 2 unspecified atom stereocenters. The van der Waals surface area contributed by atoms with Gasteiger partial charge in [0.2, 0.25) is 0 Å². The van der Waals surface area contributed by atoms with Crippen LogP contribution in [0, 0.1) is 0 Å². The highest BCUT2D eigenvalue weighted by molar-refractivity contribution is 9.11. The van der Waals surface area contributed by atoms with Crippen LogP contribution in [0.4, 0.5) is 0 Å². The molecular formula is C13H20BrNOS. The SMILES string of the molecule is CC(O)CC1CCCCN1Cc1ccc(Br)s1. The van der Waals surface area contributed by atoms with Crippen LogP contribution in [0.2, 0.25) is 0 Å². The molecule has 0 aliphatic carbocycles. The fourth-order valence-corrected chi connectivity index (χ4v) is 4.07. The first kappa shape index (κ1) is 13.5. The van der Waals surface area contributed by atoms with Crippen LogP contribution in [0.1, 0.15) is 37.5 Å². The molecule has 0 amide bonds. The van der Waals surface area contributed by atoms with E-state index >= 15 is 0 Å². The Bertz CT molecular complexity index is 353. The minimum atomic E-state index is -0.185. The number of piperidine rings is 1. The molecule has 0 radical (unpaired) electrons. The van der Waals surface area contributed by atoms with Crippen molar-refractivity contribution in [1.82, 2.24) is 4.90 Å². The number of halogens is 1. The molecule has 96 valence electrons. The molecule has 1 saturated heterocycles. The van der Waals surface area contributed by atoms with Crippen molar-refractivity contribution in [3.63, 3.8) is 0 Å². The number of nitrogens with zero attached hydrogens (tertiary/aromatic N) is 1. The Kier molecular flexibility index (Phi) is 5.03. The van der Waals surface area contributed by atoms with Crippen LogP contribution in [-0.2, 0) is 6.54 Å². The van der Waals surface area contributed by atoms with Crippen LogP contribution in [0.25, 0.3) is 0 Å². The van der Waals surface area contributed by atoms with Crippen molar-refractivity contribution in [3.8, 4) is 0 Å². The van der Waals surface area contributed by atoms with E-state index in [9.17, 15) is 5.11 Å². The van der Waals surface area contributed by atoms with Crippen LogP contribution in [0.3, 0.4) is 0 Å². The lowest BCUT2D eigenvalue weighted by Crippen LogP contribution is -2.40. The zero-order valence-electron chi connectivity index (χ0n) is 10.2. The Hall–Kier alpha value is 0.1000. The van der Waals surface area contributed by atoms with Crippen molar-refractivity contribution >= 4 is 27.3 Å². The van der Waals surface area contributed by atoms with Crippen LogP contribution in [-0.4, -0.2) is 28.7 Å². The molecule has 4 heteroatoms. The molecule has 17 heavy (non-hydrogen) atoms. The lowest BCUT2D eigenvalue weighted by atomic mass is 9.97. The second kappa shape index (κ2) is 6.32. The molecule has 1 aromatic heterocycles. The molecular weight excluding hydrogens is 298 g/mol. The molecule has 1 aliphatic heterocycles. The summed E-state index contributed by atoms with van der Waals surface area (Å²) in [5.41, 5.74) is 0. The lowest BCUT2D eigenvalue weighted by Gasteiger charge is -2.36. The first-order valence-corrected chi connectivity index (χ1v) is 7.92. The first-order chi connectivity index (χ1) is 8.15. The molecule has 2 nitrogen and oxygen atoms in total. The quantitative estimate of drug-likeness (QED) is 0.916. The topological polar surface area (TPSA) is 23.5 Å². The second-order valence-corrected chi connectivity index (χ2v) is 7.46. The van der Waals surface area contributed by atoms with Crippen molar-refractivity contribution in [2.24, 2.45) is 0 Å². The summed E-state index contributed by atoms with van der Waals surface area (Å²) in [6.45, 7) is 4.11. The highest BCUT2D eigenvalue weighted by Gasteiger charge is 2.23. The standard InChI is InChI=1S/C13H20BrNOS/c1-10(16)8-11-4-2-3-7-15(11)9-12-5-6-13(14)17-12/h5-6,10-11,16H,2-4,7-9H2,1H3. The number of hydrogen-bond donors (Lipinski definition) is 1. The maximum absolute atomic E-state index is 9.56. The molecule has 1 fully saturated rings. The summed E-state index contributed by atoms with van der Waals surface area (Å²) in [5.74, 6) is 0. The Morgan fingerprint density at radius 2 is 2.35 bits per heavy atom. The number of likely N-dealkylation sites (tertiary alicyclic amines) is 1. The van der Waals surface area contributed by atoms with Gasteiger partial charge in [-0.2, -0.15) is 0 Å². The summed E-state index contributed by atoms with van der Waals surface area (Å²) in [5, 5.41) is 9.56. The van der Waals surface area contributed by atoms with Gasteiger partial charge in [0.1, 0.15) is 0 Å². The Labute approximate surface area is 116 Å². The van der Waals surface area contributed by atoms with Gasteiger partial charge in [0.25, 0.3) is 0 Å². The summed E-state index contributed by atoms with van der Waals surface area (Å²) in [7, 11) is 0. The maximum Gasteiger partial charge on any atom is 0.0701 e. The van der Waals surface area contributed by atoms with Crippen molar-refractivity contribution in [2.45, 2.75) is 51.3 Å². The van der Waals surface area contributed by atoms with Crippen molar-refractivity contribution in [3.05, 3.63) is 20.8 Å². The molecule has 1 aliphatic rings. The first-order valence-electron chi connectivity index (χ1n) is 6.31. The van der Waals surface area contributed by atoms with E-state index in [0.717, 1.165) is 13.0 Å². The van der Waals surface area contributed by atoms with E-state index < -0.39 is 0 Å². The van der Waals surface area contributed by atoms with Gasteiger partial charge in [-0.25, -0.2) is 0 Å². The van der Waals surface area contributed by atoms with Crippen LogP contribution < -0.4 is 0 Å². The summed E-state index contributed by atoms with van der Waals surface area (Å²) < 4.78 is 1.21. The van der Waals surface area contributed by atoms with Gasteiger partial charge in [0.05, 0.1) is 9.89 Å². The van der Waals surface area contributed by atoms with Gasteiger partial charge in [0, 0.05) is 17.5 Å². The zero-order valence-corrected chi connectivity index (χ0v) is 12.6. The van der Waals surface area contributed by atoms with E-state index in [1.165, 1.54) is 34.5 Å². The molecule has 2 heterocycles. The second-order valence-electron chi connectivity index (χ2n) is 4.91. The third-order valence-corrected chi connectivity index (χ3v) is 4.96. The Morgan fingerprint density at radius 3 is 3.00 bits per heavy atom. The predicted molar refractivity (Wildman–Crippen MR) is 76.4 cm³/mol. The van der Waals surface area contributed by atoms with Gasteiger partial charge < -0.3 is 5.11 Å². The van der Waals surface area contributed by atoms with Gasteiger partial charge in [-0.15, -0.1) is 11.3 Å². The minimum absolute atomic E-state index is 0.185. The normalized spacial score (nSPS) is 23.8. The van der Waals surface area contributed by atoms with E-state index in [2.05, 4.69) is 33.0 Å². The van der Waals surface area contributed by atoms with E-state index in [1.54, 1.807) is 0 Å². The lowest BCUT2D eigenvalue weighted by molar-refractivity contribution is 0.0825. The average Bonchev–Trinajstić information content (AvgIpc) is 2.66. The van der Waals surface area contributed by atoms with E-state index in [0.29, 0.717) is 6.04 Å². The third kappa shape index (κ3) is 4.05. The number of aliphatic hydroxyl groups is 1. The summed E-state index contributed by atoms with van der Waals surface area (Å²) in [4.78, 5) is 3.95. The van der Waals surface area contributed by atoms with Crippen LogP contribution in [0.15, 0.2) is 15.9 Å². The molecule has 2 rings (SSSR count). The molecule has 2 atom stereocenters. The van der Waals surface area contributed by atoms with Crippen molar-refractivity contribution in [2.75, 3.05) is 6.54 Å². The monoisotopic (exact) mass is 317 g/mol. The van der Waals surface area contributed by atoms with Gasteiger partial charge in [-0.05, 0) is 60.8 Å². The summed E-state index contributed by atoms with van der Waals surface area (Å²) in [6, 6.07) is 4.88. The van der Waals surface area contributed by atoms with Gasteiger partial charge in [-0.3, -0.25) is 4.90 Å². The number of aliphatic hydroxyl groups excluding tert-OH is 1. The van der Waals surface area contributed by atoms with E-state index in [1.807, 2.05) is 18.3 Å². The average molecular weight is 318 g/mol. The molecule has 1 aromatic rings. The highest BCUT2D eigenvalue weighted by Crippen LogP contribution is 2.27. The number of rotatable bonds is 4. The third-order valence-electron chi connectivity index (χ3n) is 3.35. The highest BCUT2D eigenvalue weighted by atomic mass is 79.9. The summed E-state index contributed by atoms with van der Waals surface area (Å²) in [6.07, 6.45) is 4.56. The summed E-state index contributed by atoms with van der Waals surface area (Å²) >= 11 is 5.33. The van der Waals surface area contributed by atoms with E-state index in [-0.39, 0.29) is 6.10 Å². The van der Waals surface area contributed by atoms with Gasteiger partial charge >= 0.3 is 0 Å². The number of hydrogen-bond acceptors (Lipinski definition) is 3. The van der Waals surface area contributed by atoms with Crippen LogP contribution >= 0.6 is 27.3 Å². The number of thiophene rings is 1. The predicted octanol–water partition coefficient (Wildman–Crippen LogP) is 3.64. The molecule has 0 aromatic carbocycles. The smallest absolute Gasteiger partial charge is 0.0701 e. The van der Waals surface area contributed by atoms with Gasteiger partial charge in [-0.1, -0.05) is 6.42 Å². The molecule has 0 spiro atoms. The zero-order chi connectivity index (χ0) is 12.3. The van der Waals surface area contributed by atoms with Crippen molar-refractivity contribution in [1.29, 1.82) is 0 Å². The Balaban J connectivity index is 1.96. The molecule has 1 N–H and O–H groups in total. The molecule has 0 bridgehead atoms. The Morgan fingerprint density at radius 1 is 1.53 bits per heavy atom. The minimum Gasteiger partial charge on any atom is -0.393 e. The molecule has 0 saturated carbocycles. The maximum atomic E-state index is 9.56. The van der Waals surface area contributed by atoms with Gasteiger partial charge in [0.15, 0.2) is 0 Å².